The molecule has 1 aliphatic carbocycles. The van der Waals surface area contributed by atoms with Gasteiger partial charge in [-0.25, -0.2) is 0 Å². The molecular weight excluding hydrogens is 188 g/mol. The summed E-state index contributed by atoms with van der Waals surface area (Å²) in [6.07, 6.45) is 0.451. The van der Waals surface area contributed by atoms with Crippen molar-refractivity contribution in [2.75, 3.05) is 0 Å². The molecule has 1 aliphatic rings. The minimum absolute atomic E-state index is 0.0116. The average Bonchev–Trinajstić information content (AvgIpc) is 2.36. The third-order valence-corrected chi connectivity index (χ3v) is 2.76. The molecule has 0 aromatic heterocycles. The minimum Gasteiger partial charge on any atom is -0.507 e. The third kappa shape index (κ3) is 1.13. The smallest absolute Gasteiger partial charge is 0.167 e. The summed E-state index contributed by atoms with van der Waals surface area (Å²) in [6, 6.07) is 3.10. The number of carbonyl (C=O) groups excluding carboxylic acids is 1. The number of phenols is 1. The van der Waals surface area contributed by atoms with E-state index in [0.29, 0.717) is 17.0 Å². The lowest BCUT2D eigenvalue weighted by molar-refractivity contribution is 0.0988. The van der Waals surface area contributed by atoms with Crippen LogP contribution in [0, 0.1) is 0 Å². The molecule has 1 aromatic rings. The van der Waals surface area contributed by atoms with Gasteiger partial charge in [0.2, 0.25) is 0 Å². The Kier molecular flexibility index (Phi) is 1.81. The van der Waals surface area contributed by atoms with E-state index in [4.69, 9.17) is 11.6 Å². The van der Waals surface area contributed by atoms with Crippen LogP contribution in [-0.4, -0.2) is 10.9 Å². The summed E-state index contributed by atoms with van der Waals surface area (Å²) in [5.74, 6) is 0.165. The predicted octanol–water partition coefficient (Wildman–Crippen LogP) is 2.74. The van der Waals surface area contributed by atoms with E-state index in [1.165, 1.54) is 6.07 Å². The van der Waals surface area contributed by atoms with E-state index >= 15 is 0 Å². The van der Waals surface area contributed by atoms with Gasteiger partial charge in [-0.15, -0.1) is 0 Å². The Hall–Kier alpha value is -1.02. The lowest BCUT2D eigenvalue weighted by atomic mass is 10.0. The van der Waals surface area contributed by atoms with Crippen molar-refractivity contribution in [3.05, 3.63) is 28.3 Å². The average molecular weight is 197 g/mol. The number of hydrogen-bond acceptors (Lipinski definition) is 2. The van der Waals surface area contributed by atoms with E-state index in [1.54, 1.807) is 6.07 Å². The Balaban J connectivity index is 2.74. The van der Waals surface area contributed by atoms with Crippen LogP contribution in [-0.2, 0) is 0 Å². The topological polar surface area (TPSA) is 37.3 Å². The number of benzene rings is 1. The number of Topliss-reactive ketones (excluding diaryl/α,β-unsaturated/α-hetero) is 1. The van der Waals surface area contributed by atoms with Crippen molar-refractivity contribution < 1.29 is 9.90 Å². The van der Waals surface area contributed by atoms with Crippen molar-refractivity contribution in [1.82, 2.24) is 0 Å². The number of phenolic OH excluding ortho intramolecular Hbond substituents is 1. The first kappa shape index (κ1) is 8.57. The summed E-state index contributed by atoms with van der Waals surface area (Å²) in [5.41, 5.74) is 1.21. The maximum Gasteiger partial charge on any atom is 0.167 e. The van der Waals surface area contributed by atoms with Gasteiger partial charge in [0.05, 0.1) is 5.56 Å². The standard InChI is InChI=1S/C10H9ClO2/c1-5-4-8(13)10-7(12)3-2-6(11)9(5)10/h2-3,5,12H,4H2,1H3/t5-/m0/s1. The fourth-order valence-corrected chi connectivity index (χ4v) is 2.18. The molecule has 0 unspecified atom stereocenters. The molecule has 2 nitrogen and oxygen atoms in total. The van der Waals surface area contributed by atoms with E-state index in [-0.39, 0.29) is 17.5 Å². The second-order valence-electron chi connectivity index (χ2n) is 3.38. The van der Waals surface area contributed by atoms with Gasteiger partial charge in [0.25, 0.3) is 0 Å². The zero-order valence-corrected chi connectivity index (χ0v) is 7.93. The van der Waals surface area contributed by atoms with Crippen molar-refractivity contribution in [3.63, 3.8) is 0 Å². The van der Waals surface area contributed by atoms with E-state index in [0.717, 1.165) is 5.56 Å². The molecule has 0 saturated carbocycles. The first-order valence-corrected chi connectivity index (χ1v) is 4.53. The predicted molar refractivity (Wildman–Crippen MR) is 50.5 cm³/mol. The molecule has 3 heteroatoms. The summed E-state index contributed by atoms with van der Waals surface area (Å²) in [7, 11) is 0. The highest BCUT2D eigenvalue weighted by Gasteiger charge is 2.30. The third-order valence-electron chi connectivity index (χ3n) is 2.43. The van der Waals surface area contributed by atoms with E-state index < -0.39 is 0 Å². The van der Waals surface area contributed by atoms with Crippen molar-refractivity contribution >= 4 is 17.4 Å². The van der Waals surface area contributed by atoms with Crippen LogP contribution >= 0.6 is 11.6 Å². The second kappa shape index (κ2) is 2.74. The Labute approximate surface area is 81.1 Å². The first-order chi connectivity index (χ1) is 6.11. The SMILES string of the molecule is C[C@H]1CC(=O)c2c(O)ccc(Cl)c21. The zero-order valence-electron chi connectivity index (χ0n) is 7.17. The van der Waals surface area contributed by atoms with Crippen LogP contribution in [0.3, 0.4) is 0 Å². The Morgan fingerprint density at radius 1 is 1.54 bits per heavy atom. The molecule has 0 amide bonds. The van der Waals surface area contributed by atoms with Crippen LogP contribution in [0.2, 0.25) is 5.02 Å². The molecule has 0 spiro atoms. The molecule has 1 atom stereocenters. The first-order valence-electron chi connectivity index (χ1n) is 4.16. The summed E-state index contributed by atoms with van der Waals surface area (Å²) in [6.45, 7) is 1.94. The molecule has 0 fully saturated rings. The number of aromatic hydroxyl groups is 1. The molecule has 0 saturated heterocycles. The van der Waals surface area contributed by atoms with Crippen LogP contribution in [0.5, 0.6) is 5.75 Å². The number of halogens is 1. The molecule has 0 radical (unpaired) electrons. The maximum absolute atomic E-state index is 11.4. The van der Waals surface area contributed by atoms with E-state index in [1.807, 2.05) is 6.92 Å². The van der Waals surface area contributed by atoms with Gasteiger partial charge >= 0.3 is 0 Å². The van der Waals surface area contributed by atoms with Crippen molar-refractivity contribution in [3.8, 4) is 5.75 Å². The molecule has 1 N–H and O–H groups in total. The fourth-order valence-electron chi connectivity index (χ4n) is 1.84. The largest absolute Gasteiger partial charge is 0.507 e. The van der Waals surface area contributed by atoms with Gasteiger partial charge in [0.1, 0.15) is 5.75 Å². The van der Waals surface area contributed by atoms with Crippen LogP contribution in [0.4, 0.5) is 0 Å². The van der Waals surface area contributed by atoms with Gasteiger partial charge in [-0.3, -0.25) is 4.79 Å². The normalized spacial score (nSPS) is 20.5. The number of fused-ring (bicyclic) bond motifs is 1. The fraction of sp³-hybridized carbons (Fsp3) is 0.300. The number of carbonyl (C=O) groups is 1. The Morgan fingerprint density at radius 3 is 2.85 bits per heavy atom. The monoisotopic (exact) mass is 196 g/mol. The van der Waals surface area contributed by atoms with Gasteiger partial charge in [-0.2, -0.15) is 0 Å². The highest BCUT2D eigenvalue weighted by atomic mass is 35.5. The minimum atomic E-state index is -0.0116. The van der Waals surface area contributed by atoms with Crippen LogP contribution in [0.25, 0.3) is 0 Å². The number of ketones is 1. The highest BCUT2D eigenvalue weighted by Crippen LogP contribution is 2.41. The van der Waals surface area contributed by atoms with Crippen molar-refractivity contribution in [2.24, 2.45) is 0 Å². The summed E-state index contributed by atoms with van der Waals surface area (Å²) in [5, 5.41) is 10.0. The molecule has 0 aliphatic heterocycles. The number of rotatable bonds is 0. The summed E-state index contributed by atoms with van der Waals surface area (Å²) >= 11 is 5.94. The van der Waals surface area contributed by atoms with Gasteiger partial charge in [0.15, 0.2) is 5.78 Å². The molecule has 2 rings (SSSR count). The Bertz CT molecular complexity index is 385. The quantitative estimate of drug-likeness (QED) is 0.693. The van der Waals surface area contributed by atoms with Crippen LogP contribution in [0.1, 0.15) is 35.2 Å². The molecule has 13 heavy (non-hydrogen) atoms. The van der Waals surface area contributed by atoms with Crippen LogP contribution in [0.15, 0.2) is 12.1 Å². The maximum atomic E-state index is 11.4. The van der Waals surface area contributed by atoms with Gasteiger partial charge in [-0.05, 0) is 23.6 Å². The van der Waals surface area contributed by atoms with Crippen molar-refractivity contribution in [2.45, 2.75) is 19.3 Å². The lowest BCUT2D eigenvalue weighted by Gasteiger charge is -2.06. The lowest BCUT2D eigenvalue weighted by Crippen LogP contribution is -1.91. The van der Waals surface area contributed by atoms with E-state index in [9.17, 15) is 9.90 Å². The number of hydrogen-bond donors (Lipinski definition) is 1. The van der Waals surface area contributed by atoms with Crippen molar-refractivity contribution in [1.29, 1.82) is 0 Å². The molecule has 1 aromatic carbocycles. The molecular formula is C10H9ClO2. The van der Waals surface area contributed by atoms with Crippen LogP contribution < -0.4 is 0 Å². The second-order valence-corrected chi connectivity index (χ2v) is 3.79. The molecule has 68 valence electrons. The van der Waals surface area contributed by atoms with E-state index in [2.05, 4.69) is 0 Å². The molecule has 0 heterocycles. The summed E-state index contributed by atoms with van der Waals surface area (Å²) < 4.78 is 0. The van der Waals surface area contributed by atoms with Gasteiger partial charge in [0, 0.05) is 11.4 Å². The van der Waals surface area contributed by atoms with Gasteiger partial charge in [-0.1, -0.05) is 18.5 Å². The Morgan fingerprint density at radius 2 is 2.23 bits per heavy atom. The zero-order chi connectivity index (χ0) is 9.59. The summed E-state index contributed by atoms with van der Waals surface area (Å²) in [4.78, 5) is 11.4. The highest BCUT2D eigenvalue weighted by molar-refractivity contribution is 6.32. The molecule has 0 bridgehead atoms. The van der Waals surface area contributed by atoms with Gasteiger partial charge < -0.3 is 5.11 Å².